The van der Waals surface area contributed by atoms with Crippen LogP contribution in [0.25, 0.3) is 0 Å². The van der Waals surface area contributed by atoms with Gasteiger partial charge in [0.15, 0.2) is 0 Å². The average molecular weight is 425 g/mol. The zero-order valence-electron chi connectivity index (χ0n) is 21.6. The highest BCUT2D eigenvalue weighted by Crippen LogP contribution is 2.13. The standard InChI is InChI=1S/C28H60N2/c1-4-6-8-10-12-14-16-18-20-22-26-30(28-24-25-29-3)27-23-21-19-17-15-13-11-9-7-5-2/h29H,4-28H2,1-3H3. The monoisotopic (exact) mass is 424 g/mol. The van der Waals surface area contributed by atoms with Crippen LogP contribution in [0.3, 0.4) is 0 Å². The molecule has 0 atom stereocenters. The minimum Gasteiger partial charge on any atom is -0.320 e. The van der Waals surface area contributed by atoms with Gasteiger partial charge in [-0.25, -0.2) is 0 Å². The molecule has 0 aromatic carbocycles. The Morgan fingerprint density at radius 3 is 1.03 bits per heavy atom. The van der Waals surface area contributed by atoms with Crippen LogP contribution in [0.2, 0.25) is 0 Å². The third-order valence-electron chi connectivity index (χ3n) is 6.56. The molecule has 0 aliphatic rings. The van der Waals surface area contributed by atoms with Crippen LogP contribution < -0.4 is 5.32 Å². The van der Waals surface area contributed by atoms with Crippen molar-refractivity contribution < 1.29 is 0 Å². The number of hydrogen-bond acceptors (Lipinski definition) is 2. The first-order valence-electron chi connectivity index (χ1n) is 14.2. The van der Waals surface area contributed by atoms with Crippen molar-refractivity contribution in [1.82, 2.24) is 10.2 Å². The lowest BCUT2D eigenvalue weighted by Gasteiger charge is -2.22. The number of nitrogens with zero attached hydrogens (tertiary/aromatic N) is 1. The zero-order valence-corrected chi connectivity index (χ0v) is 21.6. The maximum absolute atomic E-state index is 3.31. The number of rotatable bonds is 26. The SMILES string of the molecule is CCCCCCCCCCCCN(CCCCCCCCCCCC)CCCNC. The Morgan fingerprint density at radius 1 is 0.400 bits per heavy atom. The summed E-state index contributed by atoms with van der Waals surface area (Å²) < 4.78 is 0. The number of nitrogens with one attached hydrogen (secondary N) is 1. The van der Waals surface area contributed by atoms with Gasteiger partial charge in [-0.15, -0.1) is 0 Å². The molecule has 0 bridgehead atoms. The minimum atomic E-state index is 1.16. The summed E-state index contributed by atoms with van der Waals surface area (Å²) >= 11 is 0. The van der Waals surface area contributed by atoms with E-state index in [2.05, 4.69) is 31.1 Å². The van der Waals surface area contributed by atoms with E-state index in [1.54, 1.807) is 0 Å². The summed E-state index contributed by atoms with van der Waals surface area (Å²) in [5, 5.41) is 3.31. The highest BCUT2D eigenvalue weighted by molar-refractivity contribution is 4.61. The maximum Gasteiger partial charge on any atom is -0.000664 e. The first-order valence-corrected chi connectivity index (χ1v) is 14.2. The highest BCUT2D eigenvalue weighted by atomic mass is 15.1. The zero-order chi connectivity index (χ0) is 22.0. The Bertz CT molecular complexity index is 268. The van der Waals surface area contributed by atoms with E-state index in [-0.39, 0.29) is 0 Å². The lowest BCUT2D eigenvalue weighted by Crippen LogP contribution is -2.29. The van der Waals surface area contributed by atoms with Crippen LogP contribution in [0.1, 0.15) is 149 Å². The molecule has 0 saturated heterocycles. The van der Waals surface area contributed by atoms with E-state index < -0.39 is 0 Å². The molecule has 0 unspecified atom stereocenters. The summed E-state index contributed by atoms with van der Waals surface area (Å²) in [6.45, 7) is 9.72. The van der Waals surface area contributed by atoms with Crippen LogP contribution in [-0.2, 0) is 0 Å². The summed E-state index contributed by atoms with van der Waals surface area (Å²) in [5.41, 5.74) is 0. The molecule has 182 valence electrons. The average Bonchev–Trinajstić information content (AvgIpc) is 2.76. The summed E-state index contributed by atoms with van der Waals surface area (Å²) in [7, 11) is 2.08. The normalized spacial score (nSPS) is 11.6. The molecule has 0 aromatic heterocycles. The first kappa shape index (κ1) is 29.9. The largest absolute Gasteiger partial charge is 0.320 e. The lowest BCUT2D eigenvalue weighted by atomic mass is 10.1. The molecule has 1 N–H and O–H groups in total. The van der Waals surface area contributed by atoms with E-state index in [1.165, 1.54) is 154 Å². The fourth-order valence-corrected chi connectivity index (χ4v) is 4.46. The maximum atomic E-state index is 3.31. The Labute approximate surface area is 192 Å². The van der Waals surface area contributed by atoms with Gasteiger partial charge in [0.1, 0.15) is 0 Å². The van der Waals surface area contributed by atoms with Gasteiger partial charge in [-0.3, -0.25) is 0 Å². The van der Waals surface area contributed by atoms with Crippen molar-refractivity contribution >= 4 is 0 Å². The summed E-state index contributed by atoms with van der Waals surface area (Å²) in [5.74, 6) is 0. The number of unbranched alkanes of at least 4 members (excludes halogenated alkanes) is 18. The van der Waals surface area contributed by atoms with Gasteiger partial charge in [-0.1, -0.05) is 129 Å². The molecule has 0 aliphatic carbocycles. The predicted octanol–water partition coefficient (Wildman–Crippen LogP) is 8.74. The Morgan fingerprint density at radius 2 is 0.700 bits per heavy atom. The van der Waals surface area contributed by atoms with Gasteiger partial charge in [0, 0.05) is 0 Å². The molecular formula is C28H60N2. The third kappa shape index (κ3) is 24.2. The second kappa shape index (κ2) is 27.0. The van der Waals surface area contributed by atoms with E-state index in [0.717, 1.165) is 6.54 Å². The molecule has 0 radical (unpaired) electrons. The topological polar surface area (TPSA) is 15.3 Å². The van der Waals surface area contributed by atoms with Crippen LogP contribution in [0.5, 0.6) is 0 Å². The van der Waals surface area contributed by atoms with Crippen molar-refractivity contribution in [3.63, 3.8) is 0 Å². The smallest absolute Gasteiger partial charge is 0.000664 e. The third-order valence-corrected chi connectivity index (χ3v) is 6.56. The molecular weight excluding hydrogens is 364 g/mol. The quantitative estimate of drug-likeness (QED) is 0.140. The van der Waals surface area contributed by atoms with Gasteiger partial charge in [0.05, 0.1) is 0 Å². The van der Waals surface area contributed by atoms with Crippen molar-refractivity contribution in [3.8, 4) is 0 Å². The molecule has 0 saturated carbocycles. The van der Waals surface area contributed by atoms with Gasteiger partial charge < -0.3 is 10.2 Å². The molecule has 0 aromatic rings. The van der Waals surface area contributed by atoms with Crippen molar-refractivity contribution in [1.29, 1.82) is 0 Å². The molecule has 0 heterocycles. The molecule has 0 fully saturated rings. The van der Waals surface area contributed by atoms with Gasteiger partial charge >= 0.3 is 0 Å². The van der Waals surface area contributed by atoms with E-state index in [9.17, 15) is 0 Å². The summed E-state index contributed by atoms with van der Waals surface area (Å²) in [6, 6.07) is 0. The van der Waals surface area contributed by atoms with Crippen molar-refractivity contribution in [2.45, 2.75) is 149 Å². The van der Waals surface area contributed by atoms with Crippen LogP contribution in [-0.4, -0.2) is 38.1 Å². The fourth-order valence-electron chi connectivity index (χ4n) is 4.46. The van der Waals surface area contributed by atoms with E-state index in [1.807, 2.05) is 0 Å². The van der Waals surface area contributed by atoms with Crippen LogP contribution in [0.15, 0.2) is 0 Å². The molecule has 0 amide bonds. The van der Waals surface area contributed by atoms with Crippen LogP contribution >= 0.6 is 0 Å². The van der Waals surface area contributed by atoms with E-state index >= 15 is 0 Å². The molecule has 0 aliphatic heterocycles. The number of hydrogen-bond donors (Lipinski definition) is 1. The van der Waals surface area contributed by atoms with E-state index in [4.69, 9.17) is 0 Å². The van der Waals surface area contributed by atoms with Crippen molar-refractivity contribution in [2.24, 2.45) is 0 Å². The van der Waals surface area contributed by atoms with Gasteiger partial charge in [-0.2, -0.15) is 0 Å². The fraction of sp³-hybridized carbons (Fsp3) is 1.00. The lowest BCUT2D eigenvalue weighted by molar-refractivity contribution is 0.256. The predicted molar refractivity (Wildman–Crippen MR) is 139 cm³/mol. The Kier molecular flexibility index (Phi) is 26.9. The molecule has 0 rings (SSSR count). The summed E-state index contributed by atoms with van der Waals surface area (Å²) in [6.07, 6.45) is 30.1. The van der Waals surface area contributed by atoms with Gasteiger partial charge in [0.25, 0.3) is 0 Å². The van der Waals surface area contributed by atoms with E-state index in [0.29, 0.717) is 0 Å². The van der Waals surface area contributed by atoms with Gasteiger partial charge in [-0.05, 0) is 52.5 Å². The Balaban J connectivity index is 3.61. The van der Waals surface area contributed by atoms with Gasteiger partial charge in [0.2, 0.25) is 0 Å². The van der Waals surface area contributed by atoms with Crippen molar-refractivity contribution in [2.75, 3.05) is 33.2 Å². The van der Waals surface area contributed by atoms with Crippen molar-refractivity contribution in [3.05, 3.63) is 0 Å². The Hall–Kier alpha value is -0.0800. The highest BCUT2D eigenvalue weighted by Gasteiger charge is 2.04. The second-order valence-electron chi connectivity index (χ2n) is 9.66. The molecule has 2 nitrogen and oxygen atoms in total. The molecule has 0 spiro atoms. The second-order valence-corrected chi connectivity index (χ2v) is 9.66. The molecule has 30 heavy (non-hydrogen) atoms. The van der Waals surface area contributed by atoms with Crippen LogP contribution in [0, 0.1) is 0 Å². The summed E-state index contributed by atoms with van der Waals surface area (Å²) in [4.78, 5) is 2.76. The first-order chi connectivity index (χ1) is 14.8. The molecule has 2 heteroatoms. The van der Waals surface area contributed by atoms with Crippen LogP contribution in [0.4, 0.5) is 0 Å². The minimum absolute atomic E-state index is 1.16.